The van der Waals surface area contributed by atoms with Crippen molar-refractivity contribution < 1.29 is 87.3 Å². The SMILES string of the molecule is COP(OC)OC.COP(OC)OC.COP(OC)OC.COP(OC)OC.COP(OC)OC.[Ru]. The van der Waals surface area contributed by atoms with Crippen LogP contribution >= 0.6 is 43.0 Å². The summed E-state index contributed by atoms with van der Waals surface area (Å²) in [6, 6.07) is 0. The van der Waals surface area contributed by atoms with Gasteiger partial charge in [0.1, 0.15) is 0 Å². The Morgan fingerprint density at radius 3 is 0.250 bits per heavy atom. The summed E-state index contributed by atoms with van der Waals surface area (Å²) in [4.78, 5) is 0. The molecule has 36 heavy (non-hydrogen) atoms. The van der Waals surface area contributed by atoms with Crippen LogP contribution in [-0.4, -0.2) is 107 Å². The summed E-state index contributed by atoms with van der Waals surface area (Å²) in [6.45, 7) is 0. The molecular weight excluding hydrogens is 676 g/mol. The van der Waals surface area contributed by atoms with E-state index in [0.717, 1.165) is 0 Å². The Morgan fingerprint density at radius 1 is 0.194 bits per heavy atom. The Labute approximate surface area is 236 Å². The number of rotatable bonds is 15. The summed E-state index contributed by atoms with van der Waals surface area (Å²) < 4.78 is 70.0. The van der Waals surface area contributed by atoms with Crippen LogP contribution in [0, 0.1) is 0 Å². The van der Waals surface area contributed by atoms with Gasteiger partial charge in [0.05, 0.1) is 0 Å². The van der Waals surface area contributed by atoms with Crippen molar-refractivity contribution in [1.29, 1.82) is 0 Å². The molecule has 0 aromatic heterocycles. The zero-order chi connectivity index (χ0) is 28.5. The molecule has 0 N–H and O–H groups in total. The largest absolute Gasteiger partial charge is 0.331 e. The van der Waals surface area contributed by atoms with Crippen molar-refractivity contribution in [1.82, 2.24) is 0 Å². The van der Waals surface area contributed by atoms with E-state index in [2.05, 4.69) is 67.9 Å². The van der Waals surface area contributed by atoms with Crippen molar-refractivity contribution in [2.75, 3.05) is 107 Å². The van der Waals surface area contributed by atoms with Crippen LogP contribution in [-0.2, 0) is 87.3 Å². The van der Waals surface area contributed by atoms with Crippen molar-refractivity contribution >= 4 is 43.0 Å². The van der Waals surface area contributed by atoms with Crippen LogP contribution in [0.5, 0.6) is 0 Å². The van der Waals surface area contributed by atoms with E-state index in [9.17, 15) is 0 Å². The number of hydrogen-bond donors (Lipinski definition) is 0. The summed E-state index contributed by atoms with van der Waals surface area (Å²) in [5.74, 6) is 0. The Bertz CT molecular complexity index is 235. The molecule has 15 nitrogen and oxygen atoms in total. The second-order valence-electron chi connectivity index (χ2n) is 3.86. The first-order valence-corrected chi connectivity index (χ1v) is 14.3. The van der Waals surface area contributed by atoms with E-state index >= 15 is 0 Å². The van der Waals surface area contributed by atoms with E-state index in [1.54, 1.807) is 107 Å². The predicted octanol–water partition coefficient (Wildman–Crippen LogP) is 5.76. The van der Waals surface area contributed by atoms with Gasteiger partial charge in [0.15, 0.2) is 0 Å². The van der Waals surface area contributed by atoms with Crippen molar-refractivity contribution in [2.45, 2.75) is 0 Å². The molecule has 0 heterocycles. The molecule has 0 bridgehead atoms. The van der Waals surface area contributed by atoms with Gasteiger partial charge in [-0.3, -0.25) is 0 Å². The van der Waals surface area contributed by atoms with E-state index < -0.39 is 43.0 Å². The average molecular weight is 721 g/mol. The normalized spacial score (nSPS) is 10.0. The van der Waals surface area contributed by atoms with E-state index in [1.807, 2.05) is 0 Å². The maximum atomic E-state index is 4.67. The molecule has 0 aliphatic heterocycles. The first-order valence-electron chi connectivity index (χ1n) is 8.86. The molecule has 21 heteroatoms. The predicted molar refractivity (Wildman–Crippen MR) is 140 cm³/mol. The second-order valence-corrected chi connectivity index (χ2v) is 11.6. The fourth-order valence-corrected chi connectivity index (χ4v) is 3.35. The molecule has 0 rings (SSSR count). The zero-order valence-electron chi connectivity index (χ0n) is 23.7. The van der Waals surface area contributed by atoms with Crippen molar-refractivity contribution in [2.24, 2.45) is 0 Å². The molecule has 0 saturated heterocycles. The van der Waals surface area contributed by atoms with E-state index in [4.69, 9.17) is 0 Å². The summed E-state index contributed by atoms with van der Waals surface area (Å²) in [7, 11) is 17.8. The molecule has 0 atom stereocenters. The smallest absolute Gasteiger partial charge is 0.316 e. The minimum atomic E-state index is -1.05. The fourth-order valence-electron chi connectivity index (χ4n) is 1.12. The van der Waals surface area contributed by atoms with Gasteiger partial charge in [-0.05, 0) is 0 Å². The van der Waals surface area contributed by atoms with Gasteiger partial charge in [0.2, 0.25) is 0 Å². The maximum Gasteiger partial charge on any atom is 0.331 e. The Morgan fingerprint density at radius 2 is 0.250 bits per heavy atom. The quantitative estimate of drug-likeness (QED) is 0.150. The topological polar surface area (TPSA) is 138 Å². The van der Waals surface area contributed by atoms with Crippen LogP contribution in [0.3, 0.4) is 0 Å². The van der Waals surface area contributed by atoms with Gasteiger partial charge in [0.25, 0.3) is 0 Å². The zero-order valence-corrected chi connectivity index (χ0v) is 29.9. The van der Waals surface area contributed by atoms with Gasteiger partial charge in [-0.25, -0.2) is 0 Å². The van der Waals surface area contributed by atoms with E-state index in [0.29, 0.717) is 0 Å². The van der Waals surface area contributed by atoms with Gasteiger partial charge >= 0.3 is 43.0 Å². The Balaban J connectivity index is -0.0000000776. The van der Waals surface area contributed by atoms with Gasteiger partial charge in [-0.2, -0.15) is 0 Å². The van der Waals surface area contributed by atoms with Gasteiger partial charge < -0.3 is 67.9 Å². The Kier molecular flexibility index (Phi) is 66.5. The molecule has 0 spiro atoms. The molecule has 0 aromatic rings. The van der Waals surface area contributed by atoms with Gasteiger partial charge in [-0.1, -0.05) is 0 Å². The third kappa shape index (κ3) is 43.2. The van der Waals surface area contributed by atoms with Crippen LogP contribution in [0.25, 0.3) is 0 Å². The van der Waals surface area contributed by atoms with Crippen LogP contribution in [0.4, 0.5) is 0 Å². The molecule has 0 fully saturated rings. The minimum absolute atomic E-state index is 0. The standard InChI is InChI=1S/5C3H9O3P.Ru/c5*1-4-7(5-2)6-3;/h5*1-3H3;. The first kappa shape index (κ1) is 51.0. The van der Waals surface area contributed by atoms with Crippen molar-refractivity contribution in [3.05, 3.63) is 0 Å². The van der Waals surface area contributed by atoms with Crippen LogP contribution in [0.1, 0.15) is 0 Å². The van der Waals surface area contributed by atoms with E-state index in [1.165, 1.54) is 0 Å². The van der Waals surface area contributed by atoms with E-state index in [-0.39, 0.29) is 19.5 Å². The molecule has 0 unspecified atom stereocenters. The average Bonchev–Trinajstić information content (AvgIpc) is 2.91. The third-order valence-corrected chi connectivity index (χ3v) is 6.71. The molecule has 0 aromatic carbocycles. The number of hydrogen-bond acceptors (Lipinski definition) is 15. The first-order chi connectivity index (χ1) is 16.7. The monoisotopic (exact) mass is 722 g/mol. The molecule has 0 amide bonds. The molecule has 0 saturated carbocycles. The van der Waals surface area contributed by atoms with Gasteiger partial charge in [0, 0.05) is 126 Å². The summed E-state index contributed by atoms with van der Waals surface area (Å²) in [5, 5.41) is 0. The van der Waals surface area contributed by atoms with Crippen LogP contribution in [0.2, 0.25) is 0 Å². The molecule has 0 aliphatic carbocycles. The van der Waals surface area contributed by atoms with Crippen LogP contribution in [0.15, 0.2) is 0 Å². The van der Waals surface area contributed by atoms with Crippen molar-refractivity contribution in [3.8, 4) is 0 Å². The molecule has 228 valence electrons. The molecule has 0 aliphatic rings. The van der Waals surface area contributed by atoms with Crippen LogP contribution < -0.4 is 0 Å². The minimum Gasteiger partial charge on any atom is -0.316 e. The summed E-state index contributed by atoms with van der Waals surface area (Å²) >= 11 is 0. The molecule has 0 radical (unpaired) electrons. The maximum absolute atomic E-state index is 4.67. The molecular formula is C15H45O15P5Ru. The van der Waals surface area contributed by atoms with Crippen molar-refractivity contribution in [3.63, 3.8) is 0 Å². The van der Waals surface area contributed by atoms with Gasteiger partial charge in [-0.15, -0.1) is 0 Å². The second kappa shape index (κ2) is 47.0. The fraction of sp³-hybridized carbons (Fsp3) is 1.00. The summed E-state index contributed by atoms with van der Waals surface area (Å²) in [6.07, 6.45) is 0. The Hall–Kier alpha value is 2.17. The third-order valence-electron chi connectivity index (χ3n) is 2.24. The summed E-state index contributed by atoms with van der Waals surface area (Å²) in [5.41, 5.74) is 0.